The number of methoxy groups -OCH3 is 3. The fraction of sp³-hybridized carbons (Fsp3) is 0.400. The molecular formula is C20H24BrNO3. The molecule has 0 bridgehead atoms. The van der Waals surface area contributed by atoms with E-state index in [0.717, 1.165) is 41.1 Å². The van der Waals surface area contributed by atoms with Gasteiger partial charge in [0, 0.05) is 29.6 Å². The van der Waals surface area contributed by atoms with Crippen LogP contribution in [0.15, 0.2) is 40.9 Å². The maximum absolute atomic E-state index is 5.59. The van der Waals surface area contributed by atoms with E-state index in [9.17, 15) is 0 Å². The highest BCUT2D eigenvalue weighted by atomic mass is 79.9. The van der Waals surface area contributed by atoms with Crippen LogP contribution in [-0.4, -0.2) is 27.9 Å². The Morgan fingerprint density at radius 1 is 0.880 bits per heavy atom. The zero-order valence-corrected chi connectivity index (χ0v) is 16.4. The molecule has 0 aromatic heterocycles. The van der Waals surface area contributed by atoms with E-state index in [2.05, 4.69) is 39.4 Å². The lowest BCUT2D eigenvalue weighted by molar-refractivity contribution is 0.341. The van der Waals surface area contributed by atoms with E-state index in [4.69, 9.17) is 14.2 Å². The normalized spacial score (nSPS) is 20.2. The molecule has 134 valence electrons. The Morgan fingerprint density at radius 2 is 1.60 bits per heavy atom. The maximum Gasteiger partial charge on any atom is 0.133 e. The lowest BCUT2D eigenvalue weighted by Crippen LogP contribution is -2.32. The summed E-state index contributed by atoms with van der Waals surface area (Å²) in [5.41, 5.74) is 2.41. The number of hydrogen-bond acceptors (Lipinski definition) is 4. The molecule has 0 radical (unpaired) electrons. The first kappa shape index (κ1) is 18.1. The number of rotatable bonds is 5. The summed E-state index contributed by atoms with van der Waals surface area (Å²) in [4.78, 5) is 0. The number of ether oxygens (including phenoxy) is 3. The smallest absolute Gasteiger partial charge is 0.133 e. The van der Waals surface area contributed by atoms with E-state index in [1.54, 1.807) is 21.3 Å². The lowest BCUT2D eigenvalue weighted by Gasteiger charge is -2.32. The number of benzene rings is 2. The van der Waals surface area contributed by atoms with E-state index in [1.807, 2.05) is 18.2 Å². The molecule has 0 spiro atoms. The van der Waals surface area contributed by atoms with E-state index in [-0.39, 0.29) is 0 Å². The molecule has 2 aromatic rings. The molecule has 1 heterocycles. The van der Waals surface area contributed by atoms with Gasteiger partial charge in [0.25, 0.3) is 0 Å². The van der Waals surface area contributed by atoms with Crippen LogP contribution in [0.4, 0.5) is 0 Å². The molecule has 1 aliphatic heterocycles. The topological polar surface area (TPSA) is 39.7 Å². The van der Waals surface area contributed by atoms with Gasteiger partial charge in [0.05, 0.1) is 25.8 Å². The summed E-state index contributed by atoms with van der Waals surface area (Å²) in [7, 11) is 5.13. The minimum absolute atomic E-state index is 0.315. The number of halogens is 1. The third kappa shape index (κ3) is 3.77. The zero-order valence-electron chi connectivity index (χ0n) is 14.8. The van der Waals surface area contributed by atoms with Gasteiger partial charge in [-0.15, -0.1) is 0 Å². The van der Waals surface area contributed by atoms with Crippen LogP contribution in [0, 0.1) is 0 Å². The molecule has 2 atom stereocenters. The molecule has 1 saturated heterocycles. The van der Waals surface area contributed by atoms with Gasteiger partial charge in [-0.05, 0) is 47.0 Å². The van der Waals surface area contributed by atoms with Gasteiger partial charge in [-0.25, -0.2) is 0 Å². The fourth-order valence-corrected chi connectivity index (χ4v) is 4.03. The fourth-order valence-electron chi connectivity index (χ4n) is 3.54. The number of piperidine rings is 1. The molecule has 0 saturated carbocycles. The molecular weight excluding hydrogens is 382 g/mol. The second kappa shape index (κ2) is 8.11. The first-order valence-corrected chi connectivity index (χ1v) is 9.25. The molecule has 1 fully saturated rings. The van der Waals surface area contributed by atoms with Crippen LogP contribution in [0.5, 0.6) is 17.2 Å². The van der Waals surface area contributed by atoms with Crippen molar-refractivity contribution >= 4 is 15.9 Å². The van der Waals surface area contributed by atoms with Crippen molar-refractivity contribution in [2.75, 3.05) is 27.9 Å². The van der Waals surface area contributed by atoms with E-state index < -0.39 is 0 Å². The highest BCUT2D eigenvalue weighted by molar-refractivity contribution is 9.10. The van der Waals surface area contributed by atoms with Crippen molar-refractivity contribution in [2.24, 2.45) is 0 Å². The Bertz CT molecular complexity index is 727. The molecule has 3 rings (SSSR count). The predicted molar refractivity (Wildman–Crippen MR) is 103 cm³/mol. The average molecular weight is 406 g/mol. The Kier molecular flexibility index (Phi) is 5.86. The van der Waals surface area contributed by atoms with Crippen LogP contribution < -0.4 is 19.5 Å². The van der Waals surface area contributed by atoms with Crippen molar-refractivity contribution < 1.29 is 14.2 Å². The van der Waals surface area contributed by atoms with Gasteiger partial charge in [-0.1, -0.05) is 18.2 Å². The van der Waals surface area contributed by atoms with Crippen LogP contribution in [0.2, 0.25) is 0 Å². The summed E-state index contributed by atoms with van der Waals surface area (Å²) in [5.74, 6) is 3.07. The SMILES string of the molecule is COc1cc(C2CCC(c3ccccc3OC)NC2)c(OC)cc1Br. The van der Waals surface area contributed by atoms with Crippen LogP contribution >= 0.6 is 15.9 Å². The highest BCUT2D eigenvalue weighted by Gasteiger charge is 2.27. The molecule has 25 heavy (non-hydrogen) atoms. The predicted octanol–water partition coefficient (Wildman–Crippen LogP) is 4.68. The summed E-state index contributed by atoms with van der Waals surface area (Å²) in [5, 5.41) is 3.67. The summed E-state index contributed by atoms with van der Waals surface area (Å²) >= 11 is 3.53. The second-order valence-corrected chi connectivity index (χ2v) is 7.06. The summed E-state index contributed by atoms with van der Waals surface area (Å²) in [6, 6.07) is 12.6. The van der Waals surface area contributed by atoms with Gasteiger partial charge in [0.1, 0.15) is 17.2 Å². The third-order valence-corrected chi connectivity index (χ3v) is 5.49. The largest absolute Gasteiger partial charge is 0.496 e. The standard InChI is InChI=1S/C20H24BrNO3/c1-23-18-7-5-4-6-14(18)17-9-8-13(12-22-17)15-10-20(25-3)16(21)11-19(15)24-2/h4-7,10-11,13,17,22H,8-9,12H2,1-3H3. The van der Waals surface area contributed by atoms with Gasteiger partial charge in [0.15, 0.2) is 0 Å². The average Bonchev–Trinajstić information content (AvgIpc) is 2.67. The van der Waals surface area contributed by atoms with Crippen molar-refractivity contribution in [3.63, 3.8) is 0 Å². The molecule has 0 aliphatic carbocycles. The van der Waals surface area contributed by atoms with E-state index in [1.165, 1.54) is 11.1 Å². The number of nitrogens with one attached hydrogen (secondary N) is 1. The quantitative estimate of drug-likeness (QED) is 0.783. The Balaban J connectivity index is 1.78. The molecule has 5 heteroatoms. The van der Waals surface area contributed by atoms with Gasteiger partial charge >= 0.3 is 0 Å². The Hall–Kier alpha value is -1.72. The van der Waals surface area contributed by atoms with Crippen LogP contribution in [0.1, 0.15) is 35.9 Å². The maximum atomic E-state index is 5.59. The van der Waals surface area contributed by atoms with Crippen molar-refractivity contribution in [3.05, 3.63) is 52.0 Å². The molecule has 1 N–H and O–H groups in total. The molecule has 2 aromatic carbocycles. The summed E-state index contributed by atoms with van der Waals surface area (Å²) < 4.78 is 17.5. The van der Waals surface area contributed by atoms with Crippen molar-refractivity contribution in [1.82, 2.24) is 5.32 Å². The van der Waals surface area contributed by atoms with Crippen molar-refractivity contribution in [1.29, 1.82) is 0 Å². The first-order chi connectivity index (χ1) is 12.2. The summed E-state index contributed by atoms with van der Waals surface area (Å²) in [6.45, 7) is 0.893. The van der Waals surface area contributed by atoms with Gasteiger partial charge in [-0.3, -0.25) is 0 Å². The van der Waals surface area contributed by atoms with E-state index in [0.29, 0.717) is 12.0 Å². The minimum Gasteiger partial charge on any atom is -0.496 e. The van der Waals surface area contributed by atoms with Gasteiger partial charge in [-0.2, -0.15) is 0 Å². The van der Waals surface area contributed by atoms with Crippen molar-refractivity contribution in [3.8, 4) is 17.2 Å². The Labute approximate surface area is 157 Å². The van der Waals surface area contributed by atoms with Crippen LogP contribution in [0.3, 0.4) is 0 Å². The van der Waals surface area contributed by atoms with E-state index >= 15 is 0 Å². The minimum atomic E-state index is 0.315. The Morgan fingerprint density at radius 3 is 2.24 bits per heavy atom. The first-order valence-electron chi connectivity index (χ1n) is 8.45. The third-order valence-electron chi connectivity index (χ3n) is 4.87. The molecule has 2 unspecified atom stereocenters. The van der Waals surface area contributed by atoms with Gasteiger partial charge < -0.3 is 19.5 Å². The van der Waals surface area contributed by atoms with Crippen LogP contribution in [0.25, 0.3) is 0 Å². The molecule has 4 nitrogen and oxygen atoms in total. The molecule has 0 amide bonds. The summed E-state index contributed by atoms with van der Waals surface area (Å²) in [6.07, 6.45) is 2.13. The second-order valence-electron chi connectivity index (χ2n) is 6.21. The molecule has 1 aliphatic rings. The number of para-hydroxylation sites is 1. The monoisotopic (exact) mass is 405 g/mol. The van der Waals surface area contributed by atoms with Crippen molar-refractivity contribution in [2.45, 2.75) is 24.8 Å². The lowest BCUT2D eigenvalue weighted by atomic mass is 9.86. The highest BCUT2D eigenvalue weighted by Crippen LogP contribution is 2.41. The number of hydrogen-bond donors (Lipinski definition) is 1. The van der Waals surface area contributed by atoms with Crippen LogP contribution in [-0.2, 0) is 0 Å². The van der Waals surface area contributed by atoms with Gasteiger partial charge in [0.2, 0.25) is 0 Å². The zero-order chi connectivity index (χ0) is 17.8.